The number of hydrogen-bond acceptors (Lipinski definition) is 7. The topological polar surface area (TPSA) is 78.7 Å². The van der Waals surface area contributed by atoms with E-state index in [0.717, 1.165) is 25.7 Å². The molecule has 0 aromatic heterocycles. The van der Waals surface area contributed by atoms with Gasteiger partial charge in [-0.25, -0.2) is 0 Å². The van der Waals surface area contributed by atoms with Crippen molar-refractivity contribution >= 4 is 27.6 Å². The first-order valence-corrected chi connectivity index (χ1v) is 9.28. The van der Waals surface area contributed by atoms with Gasteiger partial charge in [-0.2, -0.15) is 0 Å². The summed E-state index contributed by atoms with van der Waals surface area (Å²) in [5, 5.41) is 9.09. The molecular formula is C12H23NO5S2. The van der Waals surface area contributed by atoms with Crippen molar-refractivity contribution in [3.63, 3.8) is 0 Å². The summed E-state index contributed by atoms with van der Waals surface area (Å²) in [5.74, 6) is 1.14. The second kappa shape index (κ2) is 13.4. The quantitative estimate of drug-likeness (QED) is 0.169. The zero-order chi connectivity index (χ0) is 15.2. The molecule has 20 heavy (non-hydrogen) atoms. The molecule has 0 aromatic carbocycles. The van der Waals surface area contributed by atoms with Crippen LogP contribution in [0.2, 0.25) is 0 Å². The highest BCUT2D eigenvalue weighted by Gasteiger charge is 2.17. The first-order chi connectivity index (χ1) is 9.61. The van der Waals surface area contributed by atoms with Gasteiger partial charge in [0.05, 0.1) is 5.92 Å². The molecule has 0 rings (SSSR count). The molecule has 0 N–H and O–H groups in total. The lowest BCUT2D eigenvalue weighted by Crippen LogP contribution is -2.18. The molecule has 0 spiro atoms. The molecule has 0 unspecified atom stereocenters. The first-order valence-electron chi connectivity index (χ1n) is 6.80. The molecule has 0 fully saturated rings. The van der Waals surface area contributed by atoms with E-state index in [0.29, 0.717) is 18.1 Å². The molecule has 0 saturated heterocycles. The zero-order valence-corrected chi connectivity index (χ0v) is 13.7. The van der Waals surface area contributed by atoms with Crippen molar-refractivity contribution in [1.29, 1.82) is 0 Å². The van der Waals surface area contributed by atoms with Crippen molar-refractivity contribution < 1.29 is 19.5 Å². The van der Waals surface area contributed by atoms with Crippen molar-refractivity contribution in [2.24, 2.45) is 5.92 Å². The number of esters is 1. The number of ether oxygens (including phenoxy) is 1. The summed E-state index contributed by atoms with van der Waals surface area (Å²) in [5.41, 5.74) is 0. The molecule has 8 heteroatoms. The fourth-order valence-electron chi connectivity index (χ4n) is 1.63. The van der Waals surface area contributed by atoms with Crippen LogP contribution in [0, 0.1) is 16.0 Å². The molecule has 0 amide bonds. The number of carbonyl (C=O) groups is 1. The molecule has 0 aromatic rings. The van der Waals surface area contributed by atoms with Crippen molar-refractivity contribution in [2.45, 2.75) is 39.5 Å². The Kier molecular flexibility index (Phi) is 12.9. The molecule has 118 valence electrons. The minimum absolute atomic E-state index is 0.0242. The molecule has 0 radical (unpaired) electrons. The minimum Gasteiger partial charge on any atom is -0.465 e. The van der Waals surface area contributed by atoms with Crippen molar-refractivity contribution in [1.82, 2.24) is 0 Å². The van der Waals surface area contributed by atoms with Gasteiger partial charge in [0.15, 0.2) is 0 Å². The summed E-state index contributed by atoms with van der Waals surface area (Å²) in [7, 11) is 2.99. The van der Waals surface area contributed by atoms with Crippen LogP contribution in [0.5, 0.6) is 0 Å². The van der Waals surface area contributed by atoms with Gasteiger partial charge in [-0.1, -0.05) is 48.3 Å². The fraction of sp³-hybridized carbons (Fsp3) is 0.917. The van der Waals surface area contributed by atoms with Crippen LogP contribution < -0.4 is 0 Å². The molecule has 0 bridgehead atoms. The Bertz CT molecular complexity index is 273. The summed E-state index contributed by atoms with van der Waals surface area (Å²) in [6, 6.07) is 0. The average Bonchev–Trinajstić information content (AvgIpc) is 2.41. The summed E-state index contributed by atoms with van der Waals surface area (Å²) < 4.78 is 5.24. The van der Waals surface area contributed by atoms with Crippen LogP contribution in [0.1, 0.15) is 39.5 Å². The smallest absolute Gasteiger partial charge is 0.308 e. The maximum atomic E-state index is 11.8. The maximum Gasteiger partial charge on any atom is 0.308 e. The van der Waals surface area contributed by atoms with Crippen molar-refractivity contribution in [2.75, 3.05) is 24.7 Å². The Balaban J connectivity index is 3.52. The third kappa shape index (κ3) is 11.2. The highest BCUT2D eigenvalue weighted by atomic mass is 33.1. The van der Waals surface area contributed by atoms with Gasteiger partial charge in [0.1, 0.15) is 13.2 Å². The van der Waals surface area contributed by atoms with E-state index < -0.39 is 5.09 Å². The van der Waals surface area contributed by atoms with Crippen LogP contribution >= 0.6 is 21.6 Å². The second-order valence-electron chi connectivity index (χ2n) is 4.14. The van der Waals surface area contributed by atoms with Crippen LogP contribution in [-0.4, -0.2) is 35.8 Å². The van der Waals surface area contributed by atoms with E-state index in [-0.39, 0.29) is 18.5 Å². The van der Waals surface area contributed by atoms with E-state index >= 15 is 0 Å². The number of hydrogen-bond donors (Lipinski definition) is 0. The summed E-state index contributed by atoms with van der Waals surface area (Å²) in [4.78, 5) is 25.9. The lowest BCUT2D eigenvalue weighted by molar-refractivity contribution is -0.756. The van der Waals surface area contributed by atoms with E-state index in [1.165, 1.54) is 21.6 Å². The molecule has 0 saturated carbocycles. The Labute approximate surface area is 127 Å². The van der Waals surface area contributed by atoms with Crippen molar-refractivity contribution in [3.8, 4) is 0 Å². The van der Waals surface area contributed by atoms with Crippen molar-refractivity contribution in [3.05, 3.63) is 10.1 Å². The molecule has 6 nitrogen and oxygen atoms in total. The zero-order valence-electron chi connectivity index (χ0n) is 12.0. The average molecular weight is 325 g/mol. The van der Waals surface area contributed by atoms with Gasteiger partial charge < -0.3 is 9.57 Å². The lowest BCUT2D eigenvalue weighted by Gasteiger charge is -2.14. The van der Waals surface area contributed by atoms with E-state index in [2.05, 4.69) is 18.7 Å². The number of carbonyl (C=O) groups excluding carboxylic acids is 1. The summed E-state index contributed by atoms with van der Waals surface area (Å²) in [6.45, 7) is 4.60. The maximum absolute atomic E-state index is 11.8. The molecule has 0 heterocycles. The van der Waals surface area contributed by atoms with E-state index in [9.17, 15) is 14.9 Å². The monoisotopic (exact) mass is 325 g/mol. The lowest BCUT2D eigenvalue weighted by atomic mass is 9.99. The Morgan fingerprint density at radius 2 is 1.70 bits per heavy atom. The Hall–Kier alpha value is -0.630. The van der Waals surface area contributed by atoms with E-state index in [1.807, 2.05) is 0 Å². The van der Waals surface area contributed by atoms with Gasteiger partial charge in [-0.3, -0.25) is 4.79 Å². The predicted molar refractivity (Wildman–Crippen MR) is 82.1 cm³/mol. The highest BCUT2D eigenvalue weighted by Crippen LogP contribution is 2.21. The third-order valence-corrected chi connectivity index (χ3v) is 4.80. The van der Waals surface area contributed by atoms with Gasteiger partial charge in [-0.15, -0.1) is 10.1 Å². The van der Waals surface area contributed by atoms with Crippen LogP contribution in [0.3, 0.4) is 0 Å². The first kappa shape index (κ1) is 19.4. The number of rotatable bonds is 13. The summed E-state index contributed by atoms with van der Waals surface area (Å²) in [6.07, 6.45) is 3.74. The normalized spacial score (nSPS) is 10.6. The second-order valence-corrected chi connectivity index (χ2v) is 6.84. The van der Waals surface area contributed by atoms with Crippen LogP contribution in [-0.2, 0) is 14.4 Å². The van der Waals surface area contributed by atoms with Gasteiger partial charge >= 0.3 is 5.97 Å². The van der Waals surface area contributed by atoms with E-state index in [1.54, 1.807) is 0 Å². The largest absolute Gasteiger partial charge is 0.465 e. The van der Waals surface area contributed by atoms with Gasteiger partial charge in [0.25, 0.3) is 5.09 Å². The Morgan fingerprint density at radius 1 is 1.15 bits per heavy atom. The van der Waals surface area contributed by atoms with Crippen LogP contribution in [0.25, 0.3) is 0 Å². The molecule has 0 aliphatic heterocycles. The predicted octanol–water partition coefficient (Wildman–Crippen LogP) is 3.34. The minimum atomic E-state index is -0.797. The van der Waals surface area contributed by atoms with Gasteiger partial charge in [0, 0.05) is 11.5 Å². The molecule has 0 aliphatic carbocycles. The molecular weight excluding hydrogens is 302 g/mol. The van der Waals surface area contributed by atoms with Gasteiger partial charge in [-0.05, 0) is 12.8 Å². The fourth-order valence-corrected chi connectivity index (χ4v) is 3.28. The Morgan fingerprint density at radius 3 is 2.20 bits per heavy atom. The molecule has 0 aliphatic rings. The van der Waals surface area contributed by atoms with Crippen LogP contribution in [0.4, 0.5) is 0 Å². The third-order valence-electron chi connectivity index (χ3n) is 2.47. The highest BCUT2D eigenvalue weighted by molar-refractivity contribution is 8.76. The SMILES string of the molecule is CCCC(CCC)C(=O)OCCSSCCO[N+](=O)[O-]. The summed E-state index contributed by atoms with van der Waals surface area (Å²) >= 11 is 0. The van der Waals surface area contributed by atoms with Crippen LogP contribution in [0.15, 0.2) is 0 Å². The van der Waals surface area contributed by atoms with E-state index in [4.69, 9.17) is 4.74 Å². The molecule has 0 atom stereocenters. The number of nitrogens with zero attached hydrogens (tertiary/aromatic N) is 1. The standard InChI is InChI=1S/C12H23NO5S2/c1-3-5-11(6-4-2)12(14)17-7-9-19-20-10-8-18-13(15)16/h11H,3-10H2,1-2H3. The van der Waals surface area contributed by atoms with Gasteiger partial charge in [0.2, 0.25) is 0 Å².